The van der Waals surface area contributed by atoms with E-state index in [1.54, 1.807) is 29.4 Å². The van der Waals surface area contributed by atoms with Crippen molar-refractivity contribution in [3.8, 4) is 0 Å². The zero-order valence-electron chi connectivity index (χ0n) is 16.3. The van der Waals surface area contributed by atoms with E-state index in [4.69, 9.17) is 0 Å². The number of pyridine rings is 1. The highest BCUT2D eigenvalue weighted by Crippen LogP contribution is 2.54. The summed E-state index contributed by atoms with van der Waals surface area (Å²) in [6.45, 7) is 0.942. The van der Waals surface area contributed by atoms with Crippen molar-refractivity contribution in [3.05, 3.63) is 66.0 Å². The number of rotatable bonds is 5. The predicted octanol–water partition coefficient (Wildman–Crippen LogP) is 2.06. The second-order valence-electron chi connectivity index (χ2n) is 8.55. The van der Waals surface area contributed by atoms with Crippen molar-refractivity contribution < 1.29 is 14.7 Å². The van der Waals surface area contributed by atoms with E-state index >= 15 is 0 Å². The normalized spacial score (nSPS) is 24.7. The van der Waals surface area contributed by atoms with Gasteiger partial charge >= 0.3 is 0 Å². The quantitative estimate of drug-likeness (QED) is 0.847. The summed E-state index contributed by atoms with van der Waals surface area (Å²) in [6, 6.07) is 13.3. The Labute approximate surface area is 170 Å². The zero-order chi connectivity index (χ0) is 20.0. The number of benzene rings is 1. The number of aliphatic hydroxyl groups excluding tert-OH is 1. The molecule has 3 fully saturated rings. The van der Waals surface area contributed by atoms with Gasteiger partial charge in [-0.05, 0) is 36.5 Å². The molecule has 2 atom stereocenters. The Balaban J connectivity index is 1.42. The maximum Gasteiger partial charge on any atom is 0.254 e. The van der Waals surface area contributed by atoms with E-state index in [1.165, 1.54) is 0 Å². The van der Waals surface area contributed by atoms with Gasteiger partial charge in [0.2, 0.25) is 5.91 Å². The number of likely N-dealkylation sites (tertiary alicyclic amines) is 2. The van der Waals surface area contributed by atoms with Gasteiger partial charge in [0, 0.05) is 43.4 Å². The van der Waals surface area contributed by atoms with Gasteiger partial charge in [-0.2, -0.15) is 0 Å². The first-order chi connectivity index (χ1) is 14.1. The zero-order valence-corrected chi connectivity index (χ0v) is 16.3. The van der Waals surface area contributed by atoms with Gasteiger partial charge in [0.25, 0.3) is 5.91 Å². The Kier molecular flexibility index (Phi) is 4.39. The minimum absolute atomic E-state index is 0.0353. The van der Waals surface area contributed by atoms with Crippen LogP contribution < -0.4 is 0 Å². The van der Waals surface area contributed by atoms with Gasteiger partial charge in [0.05, 0.1) is 18.2 Å². The van der Waals surface area contributed by atoms with E-state index in [-0.39, 0.29) is 30.4 Å². The lowest BCUT2D eigenvalue weighted by Gasteiger charge is -2.70. The van der Waals surface area contributed by atoms with Gasteiger partial charge in [0.15, 0.2) is 0 Å². The molecule has 0 bridgehead atoms. The molecule has 1 saturated carbocycles. The minimum atomic E-state index is -0.413. The Morgan fingerprint density at radius 3 is 2.38 bits per heavy atom. The van der Waals surface area contributed by atoms with Crippen LogP contribution in [0, 0.1) is 5.92 Å². The fourth-order valence-electron chi connectivity index (χ4n) is 5.17. The molecule has 150 valence electrons. The molecule has 1 spiro atoms. The third-order valence-electron chi connectivity index (χ3n) is 6.69. The molecule has 0 unspecified atom stereocenters. The molecule has 1 aliphatic carbocycles. The molecule has 0 radical (unpaired) electrons. The average molecular weight is 391 g/mol. The van der Waals surface area contributed by atoms with Crippen LogP contribution in [0.2, 0.25) is 0 Å². The molecule has 6 heteroatoms. The largest absolute Gasteiger partial charge is 0.394 e. The number of carbonyl (C=O) groups is 2. The molecule has 2 aromatic rings. The van der Waals surface area contributed by atoms with E-state index in [9.17, 15) is 14.7 Å². The van der Waals surface area contributed by atoms with E-state index in [0.717, 1.165) is 18.4 Å². The summed E-state index contributed by atoms with van der Waals surface area (Å²) in [6.07, 6.45) is 6.02. The van der Waals surface area contributed by atoms with E-state index in [2.05, 4.69) is 17.1 Å². The van der Waals surface area contributed by atoms with Crippen LogP contribution in [-0.4, -0.2) is 63.0 Å². The van der Waals surface area contributed by atoms with Crippen molar-refractivity contribution in [1.29, 1.82) is 0 Å². The number of aliphatic hydroxyl groups is 1. The van der Waals surface area contributed by atoms with E-state index in [1.807, 2.05) is 23.1 Å². The summed E-state index contributed by atoms with van der Waals surface area (Å²) in [4.78, 5) is 33.6. The van der Waals surface area contributed by atoms with Crippen molar-refractivity contribution in [2.24, 2.45) is 5.92 Å². The lowest BCUT2D eigenvalue weighted by Crippen LogP contribution is -2.86. The molecular formula is C23H25N3O3. The standard InChI is InChI=1S/C23H25N3O3/c27-13-19-21(17-4-2-1-3-5-17)23(26(19)20(28)12-16-6-7-16)14-25(15-23)22(29)18-8-10-24-11-9-18/h1-5,8-11,16,19,21,27H,6-7,12-15H2/t19-,21+/m1/s1. The first-order valence-electron chi connectivity index (χ1n) is 10.3. The van der Waals surface area contributed by atoms with Gasteiger partial charge in [0.1, 0.15) is 0 Å². The third-order valence-corrected chi connectivity index (χ3v) is 6.69. The number of hydrogen-bond acceptors (Lipinski definition) is 4. The molecule has 2 amide bonds. The van der Waals surface area contributed by atoms with Gasteiger partial charge in [-0.15, -0.1) is 0 Å². The smallest absolute Gasteiger partial charge is 0.254 e. The summed E-state index contributed by atoms with van der Waals surface area (Å²) in [5, 5.41) is 10.1. The Bertz CT molecular complexity index is 907. The molecule has 1 N–H and O–H groups in total. The van der Waals surface area contributed by atoms with E-state index < -0.39 is 5.54 Å². The van der Waals surface area contributed by atoms with Crippen molar-refractivity contribution >= 4 is 11.8 Å². The molecule has 2 saturated heterocycles. The molecule has 2 aliphatic heterocycles. The molecular weight excluding hydrogens is 366 g/mol. The van der Waals surface area contributed by atoms with E-state index in [0.29, 0.717) is 31.0 Å². The Hall–Kier alpha value is -2.73. The topological polar surface area (TPSA) is 73.7 Å². The fraction of sp³-hybridized carbons (Fsp3) is 0.435. The van der Waals surface area contributed by atoms with Gasteiger partial charge in [-0.1, -0.05) is 30.3 Å². The lowest BCUT2D eigenvalue weighted by atomic mass is 9.60. The Morgan fingerprint density at radius 1 is 1.07 bits per heavy atom. The summed E-state index contributed by atoms with van der Waals surface area (Å²) in [5.74, 6) is 0.615. The highest BCUT2D eigenvalue weighted by atomic mass is 16.3. The maximum absolute atomic E-state index is 13.1. The molecule has 5 rings (SSSR count). The number of hydrogen-bond donors (Lipinski definition) is 1. The molecule has 29 heavy (non-hydrogen) atoms. The fourth-order valence-corrected chi connectivity index (χ4v) is 5.17. The summed E-state index contributed by atoms with van der Waals surface area (Å²) >= 11 is 0. The molecule has 6 nitrogen and oxygen atoms in total. The Morgan fingerprint density at radius 2 is 1.76 bits per heavy atom. The van der Waals surface area contributed by atoms with Crippen LogP contribution in [0.1, 0.15) is 41.1 Å². The molecule has 3 heterocycles. The molecule has 3 aliphatic rings. The van der Waals surface area contributed by atoms with Crippen molar-refractivity contribution in [1.82, 2.24) is 14.8 Å². The van der Waals surface area contributed by atoms with Crippen LogP contribution in [0.4, 0.5) is 0 Å². The summed E-state index contributed by atoms with van der Waals surface area (Å²) < 4.78 is 0. The van der Waals surface area contributed by atoms with Crippen LogP contribution in [0.3, 0.4) is 0 Å². The first-order valence-corrected chi connectivity index (χ1v) is 10.3. The predicted molar refractivity (Wildman–Crippen MR) is 107 cm³/mol. The monoisotopic (exact) mass is 391 g/mol. The van der Waals surface area contributed by atoms with Crippen LogP contribution in [0.5, 0.6) is 0 Å². The second kappa shape index (κ2) is 6.95. The van der Waals surface area contributed by atoms with Crippen LogP contribution in [0.25, 0.3) is 0 Å². The summed E-state index contributed by atoms with van der Waals surface area (Å²) in [5.41, 5.74) is 1.32. The summed E-state index contributed by atoms with van der Waals surface area (Å²) in [7, 11) is 0. The lowest BCUT2D eigenvalue weighted by molar-refractivity contribution is -0.193. The SMILES string of the molecule is O=C(c1ccncc1)N1CC2(C1)[C@@H](c1ccccc1)[C@@H](CO)N2C(=O)CC1CC1. The van der Waals surface area contributed by atoms with Crippen LogP contribution in [0.15, 0.2) is 54.9 Å². The van der Waals surface area contributed by atoms with Crippen molar-refractivity contribution in [2.45, 2.75) is 36.8 Å². The first kappa shape index (κ1) is 18.3. The number of amides is 2. The van der Waals surface area contributed by atoms with Crippen molar-refractivity contribution in [2.75, 3.05) is 19.7 Å². The highest BCUT2D eigenvalue weighted by Gasteiger charge is 2.68. The molecule has 1 aromatic carbocycles. The van der Waals surface area contributed by atoms with Gasteiger partial charge < -0.3 is 14.9 Å². The second-order valence-corrected chi connectivity index (χ2v) is 8.55. The number of carbonyl (C=O) groups excluding carboxylic acids is 2. The number of nitrogens with zero attached hydrogens (tertiary/aromatic N) is 3. The van der Waals surface area contributed by atoms with Gasteiger partial charge in [-0.25, -0.2) is 0 Å². The third kappa shape index (κ3) is 2.94. The van der Waals surface area contributed by atoms with Crippen LogP contribution in [-0.2, 0) is 4.79 Å². The number of aromatic nitrogens is 1. The van der Waals surface area contributed by atoms with Crippen LogP contribution >= 0.6 is 0 Å². The average Bonchev–Trinajstić information content (AvgIpc) is 3.51. The minimum Gasteiger partial charge on any atom is -0.394 e. The van der Waals surface area contributed by atoms with Gasteiger partial charge in [-0.3, -0.25) is 14.6 Å². The maximum atomic E-state index is 13.1. The van der Waals surface area contributed by atoms with Crippen molar-refractivity contribution in [3.63, 3.8) is 0 Å². The molecule has 1 aromatic heterocycles. The highest BCUT2D eigenvalue weighted by molar-refractivity contribution is 5.95.